The Kier molecular flexibility index (Phi) is 3.87. The van der Waals surface area contributed by atoms with Gasteiger partial charge in [0.2, 0.25) is 5.89 Å². The van der Waals surface area contributed by atoms with E-state index < -0.39 is 24.3 Å². The van der Waals surface area contributed by atoms with E-state index in [0.29, 0.717) is 5.56 Å². The molecule has 1 aromatic carbocycles. The lowest BCUT2D eigenvalue weighted by atomic mass is 9.99. The average Bonchev–Trinajstić information content (AvgIpc) is 2.84. The number of hydrogen-bond acceptors (Lipinski definition) is 4. The van der Waals surface area contributed by atoms with Crippen LogP contribution in [0.4, 0.5) is 13.2 Å². The molecule has 1 aromatic heterocycles. The molecule has 1 atom stereocenters. The van der Waals surface area contributed by atoms with E-state index in [9.17, 15) is 18.0 Å². The highest BCUT2D eigenvalue weighted by molar-refractivity contribution is 6.00. The van der Waals surface area contributed by atoms with E-state index in [2.05, 4.69) is 10.1 Å². The molecule has 0 fully saturated rings. The van der Waals surface area contributed by atoms with Crippen molar-refractivity contribution in [3.8, 4) is 0 Å². The molecule has 7 heteroatoms. The molecule has 20 heavy (non-hydrogen) atoms. The second-order valence-corrected chi connectivity index (χ2v) is 4.29. The lowest BCUT2D eigenvalue weighted by Gasteiger charge is -2.05. The van der Waals surface area contributed by atoms with Gasteiger partial charge in [0.05, 0.1) is 5.92 Å². The molecule has 0 aliphatic heterocycles. The van der Waals surface area contributed by atoms with Crippen molar-refractivity contribution in [2.75, 3.05) is 0 Å². The minimum Gasteiger partial charge on any atom is -0.339 e. The van der Waals surface area contributed by atoms with Crippen LogP contribution in [-0.4, -0.2) is 22.1 Å². The van der Waals surface area contributed by atoms with Crippen molar-refractivity contribution in [1.82, 2.24) is 10.1 Å². The minimum atomic E-state index is -4.41. The number of aromatic nitrogens is 2. The first-order valence-electron chi connectivity index (χ1n) is 5.85. The Bertz CT molecular complexity index is 593. The third-order valence-corrected chi connectivity index (χ3v) is 2.66. The number of benzene rings is 1. The first-order chi connectivity index (χ1) is 9.37. The molecule has 0 aliphatic carbocycles. The number of carbonyl (C=O) groups is 1. The van der Waals surface area contributed by atoms with Crippen molar-refractivity contribution in [2.24, 2.45) is 0 Å². The normalized spacial score (nSPS) is 13.2. The number of ketones is 1. The molecule has 0 bridgehead atoms. The summed E-state index contributed by atoms with van der Waals surface area (Å²) >= 11 is 0. The Morgan fingerprint density at radius 1 is 1.30 bits per heavy atom. The van der Waals surface area contributed by atoms with Gasteiger partial charge in [0.25, 0.3) is 0 Å². The summed E-state index contributed by atoms with van der Waals surface area (Å²) in [6, 6.07) is 8.39. The summed E-state index contributed by atoms with van der Waals surface area (Å²) < 4.78 is 41.3. The van der Waals surface area contributed by atoms with Gasteiger partial charge in [0.15, 0.2) is 11.6 Å². The second-order valence-electron chi connectivity index (χ2n) is 4.29. The zero-order valence-electron chi connectivity index (χ0n) is 10.5. The number of carbonyl (C=O) groups excluding carboxylic acids is 1. The van der Waals surface area contributed by atoms with Crippen LogP contribution in [0.1, 0.15) is 34.9 Å². The van der Waals surface area contributed by atoms with E-state index in [0.717, 1.165) is 0 Å². The average molecular weight is 284 g/mol. The molecule has 2 aromatic rings. The molecule has 0 spiro atoms. The molecule has 1 heterocycles. The summed E-state index contributed by atoms with van der Waals surface area (Å²) in [5, 5.41) is 3.24. The lowest BCUT2D eigenvalue weighted by Crippen LogP contribution is -2.13. The first-order valence-corrected chi connectivity index (χ1v) is 5.85. The van der Waals surface area contributed by atoms with Crippen LogP contribution in [0.25, 0.3) is 0 Å². The number of nitrogens with zero attached hydrogens (tertiary/aromatic N) is 2. The van der Waals surface area contributed by atoms with Crippen LogP contribution in [0.15, 0.2) is 34.9 Å². The maximum Gasteiger partial charge on any atom is 0.396 e. The van der Waals surface area contributed by atoms with Crippen LogP contribution in [0.5, 0.6) is 0 Å². The van der Waals surface area contributed by atoms with Crippen LogP contribution in [0.3, 0.4) is 0 Å². The Morgan fingerprint density at radius 3 is 2.55 bits per heavy atom. The highest BCUT2D eigenvalue weighted by atomic mass is 19.4. The molecule has 0 saturated heterocycles. The summed E-state index contributed by atoms with van der Waals surface area (Å²) in [5.41, 5.74) is 0.440. The van der Waals surface area contributed by atoms with Gasteiger partial charge in [-0.25, -0.2) is 0 Å². The fourth-order valence-electron chi connectivity index (χ4n) is 1.66. The van der Waals surface area contributed by atoms with Crippen LogP contribution in [0.2, 0.25) is 0 Å². The van der Waals surface area contributed by atoms with Crippen molar-refractivity contribution in [2.45, 2.75) is 25.4 Å². The molecular formula is C13H11F3N2O2. The highest BCUT2D eigenvalue weighted by Crippen LogP contribution is 2.22. The van der Waals surface area contributed by atoms with E-state index in [1.807, 2.05) is 0 Å². The topological polar surface area (TPSA) is 56.0 Å². The molecule has 0 amide bonds. The molecule has 0 radical (unpaired) electrons. The van der Waals surface area contributed by atoms with Crippen molar-refractivity contribution >= 4 is 5.78 Å². The van der Waals surface area contributed by atoms with Gasteiger partial charge in [0.1, 0.15) is 6.42 Å². The third-order valence-electron chi connectivity index (χ3n) is 2.66. The standard InChI is InChI=1S/C13H11F3N2O2/c1-8(11(19)9-5-3-2-4-6-9)12-17-10(18-20-12)7-13(14,15)16/h2-6,8H,7H2,1H3. The van der Waals surface area contributed by atoms with Crippen molar-refractivity contribution in [3.63, 3.8) is 0 Å². The number of alkyl halides is 3. The molecule has 4 nitrogen and oxygen atoms in total. The van der Waals surface area contributed by atoms with Crippen molar-refractivity contribution in [3.05, 3.63) is 47.6 Å². The van der Waals surface area contributed by atoms with Gasteiger partial charge in [-0.05, 0) is 6.92 Å². The fraction of sp³-hybridized carbons (Fsp3) is 0.308. The van der Waals surface area contributed by atoms with E-state index in [-0.39, 0.29) is 11.7 Å². The van der Waals surface area contributed by atoms with Gasteiger partial charge in [0, 0.05) is 5.56 Å². The summed E-state index contributed by atoms with van der Waals surface area (Å²) in [6.07, 6.45) is -5.68. The molecule has 0 N–H and O–H groups in total. The largest absolute Gasteiger partial charge is 0.396 e. The molecule has 2 rings (SSSR count). The summed E-state index contributed by atoms with van der Waals surface area (Å²) in [5.74, 6) is -1.65. The van der Waals surface area contributed by atoms with Crippen molar-refractivity contribution in [1.29, 1.82) is 0 Å². The molecule has 0 aliphatic rings. The summed E-state index contributed by atoms with van der Waals surface area (Å²) in [6.45, 7) is 1.51. The third kappa shape index (κ3) is 3.43. The Labute approximate surface area is 112 Å². The van der Waals surface area contributed by atoms with Crippen LogP contribution in [0, 0.1) is 0 Å². The molecule has 106 valence electrons. The maximum atomic E-state index is 12.2. The monoisotopic (exact) mass is 284 g/mol. The van der Waals surface area contributed by atoms with Crippen LogP contribution >= 0.6 is 0 Å². The Hall–Kier alpha value is -2.18. The number of Topliss-reactive ketones (excluding diaryl/α,β-unsaturated/α-hetero) is 1. The van der Waals surface area contributed by atoms with E-state index in [4.69, 9.17) is 4.52 Å². The minimum absolute atomic E-state index is 0.113. The van der Waals surface area contributed by atoms with E-state index in [1.165, 1.54) is 6.92 Å². The van der Waals surface area contributed by atoms with Gasteiger partial charge >= 0.3 is 6.18 Å². The Balaban J connectivity index is 2.14. The SMILES string of the molecule is CC(C(=O)c1ccccc1)c1nc(CC(F)(F)F)no1. The lowest BCUT2D eigenvalue weighted by molar-refractivity contribution is -0.128. The highest BCUT2D eigenvalue weighted by Gasteiger charge is 2.31. The zero-order valence-corrected chi connectivity index (χ0v) is 10.5. The fourth-order valence-corrected chi connectivity index (χ4v) is 1.66. The van der Waals surface area contributed by atoms with Gasteiger partial charge < -0.3 is 4.52 Å². The Morgan fingerprint density at radius 2 is 1.95 bits per heavy atom. The summed E-state index contributed by atoms with van der Waals surface area (Å²) in [4.78, 5) is 15.7. The van der Waals surface area contributed by atoms with E-state index >= 15 is 0 Å². The number of rotatable bonds is 4. The predicted molar refractivity (Wildman–Crippen MR) is 63.2 cm³/mol. The van der Waals surface area contributed by atoms with Gasteiger partial charge in [-0.3, -0.25) is 4.79 Å². The quantitative estimate of drug-likeness (QED) is 0.809. The van der Waals surface area contributed by atoms with Gasteiger partial charge in [-0.15, -0.1) is 0 Å². The maximum absolute atomic E-state index is 12.2. The summed E-state index contributed by atoms with van der Waals surface area (Å²) in [7, 11) is 0. The van der Waals surface area contributed by atoms with Crippen LogP contribution < -0.4 is 0 Å². The number of halogens is 3. The van der Waals surface area contributed by atoms with Gasteiger partial charge in [-0.1, -0.05) is 35.5 Å². The van der Waals surface area contributed by atoms with Crippen molar-refractivity contribution < 1.29 is 22.5 Å². The predicted octanol–water partition coefficient (Wildman–Crippen LogP) is 3.16. The second kappa shape index (κ2) is 5.44. The zero-order chi connectivity index (χ0) is 14.8. The smallest absolute Gasteiger partial charge is 0.339 e. The molecular weight excluding hydrogens is 273 g/mol. The first kappa shape index (κ1) is 14.2. The molecule has 0 saturated carbocycles. The molecule has 1 unspecified atom stereocenters. The van der Waals surface area contributed by atoms with Gasteiger partial charge in [-0.2, -0.15) is 18.2 Å². The van der Waals surface area contributed by atoms with Crippen LogP contribution in [-0.2, 0) is 6.42 Å². The van der Waals surface area contributed by atoms with E-state index in [1.54, 1.807) is 30.3 Å². The number of hydrogen-bond donors (Lipinski definition) is 0.